The lowest BCUT2D eigenvalue weighted by atomic mass is 11.1. The second-order valence-corrected chi connectivity index (χ2v) is 6.16. The van der Waals surface area contributed by atoms with Crippen molar-refractivity contribution in [3.05, 3.63) is 11.6 Å². The van der Waals surface area contributed by atoms with Gasteiger partial charge >= 0.3 is 5.30 Å². The van der Waals surface area contributed by atoms with E-state index in [2.05, 4.69) is 20.9 Å². The van der Waals surface area contributed by atoms with Crippen LogP contribution in [-0.4, -0.2) is 20.6 Å². The van der Waals surface area contributed by atoms with Crippen molar-refractivity contribution in [2.75, 3.05) is 6.26 Å². The van der Waals surface area contributed by atoms with Crippen molar-refractivity contribution in [1.29, 1.82) is 0 Å². The Labute approximate surface area is 68.3 Å². The maximum atomic E-state index is 10.6. The minimum absolute atomic E-state index is 0.535. The van der Waals surface area contributed by atoms with E-state index in [9.17, 15) is 4.79 Å². The van der Waals surface area contributed by atoms with Crippen molar-refractivity contribution >= 4 is 35.2 Å². The first-order valence-corrected chi connectivity index (χ1v) is 5.38. The van der Waals surface area contributed by atoms with Crippen LogP contribution in [0.4, 0.5) is 4.79 Å². The zero-order chi connectivity index (χ0) is 7.78. The van der Waals surface area contributed by atoms with Crippen LogP contribution in [-0.2, 0) is 0 Å². The molecule has 1 unspecified atom stereocenters. The summed E-state index contributed by atoms with van der Waals surface area (Å²) in [6.07, 6.45) is 3.19. The van der Waals surface area contributed by atoms with E-state index in [0.29, 0.717) is 3.95 Å². The molecule has 0 aliphatic carbocycles. The Bertz CT molecular complexity index is 238. The normalized spacial score (nSPS) is 36.8. The topological polar surface area (TPSA) is 49.7 Å². The molecule has 0 aromatic rings. The standard InChI is InChI=1S/C5H6BrNO2S/c1-10(5(8)9)3-2-7-4(10)6/h2-3H,1H3,(H,8,9). The molecule has 0 fully saturated rings. The minimum atomic E-state index is -1.80. The van der Waals surface area contributed by atoms with Crippen molar-refractivity contribution in [1.82, 2.24) is 0 Å². The highest BCUT2D eigenvalue weighted by Gasteiger charge is 2.31. The largest absolute Gasteiger partial charge is 0.474 e. The van der Waals surface area contributed by atoms with Gasteiger partial charge in [-0.1, -0.05) is 10.0 Å². The number of rotatable bonds is 0. The van der Waals surface area contributed by atoms with Crippen LogP contribution in [0.1, 0.15) is 0 Å². The SMILES string of the molecule is CS1(C(=O)O)C=CN=C1Br. The molecule has 10 heavy (non-hydrogen) atoms. The summed E-state index contributed by atoms with van der Waals surface area (Å²) in [4.78, 5) is 14.4. The van der Waals surface area contributed by atoms with E-state index in [-0.39, 0.29) is 0 Å². The number of halogens is 1. The summed E-state index contributed by atoms with van der Waals surface area (Å²) >= 11 is 3.11. The maximum Gasteiger partial charge on any atom is 0.356 e. The molecule has 1 aliphatic heterocycles. The van der Waals surface area contributed by atoms with E-state index in [1.807, 2.05) is 0 Å². The molecule has 3 nitrogen and oxygen atoms in total. The number of hydrogen-bond acceptors (Lipinski definition) is 2. The Morgan fingerprint density at radius 3 is 2.70 bits per heavy atom. The van der Waals surface area contributed by atoms with Crippen LogP contribution in [0, 0.1) is 0 Å². The molecule has 0 aromatic carbocycles. The van der Waals surface area contributed by atoms with E-state index in [1.165, 1.54) is 6.20 Å². The molecular weight excluding hydrogens is 218 g/mol. The predicted molar refractivity (Wildman–Crippen MR) is 47.0 cm³/mol. The fourth-order valence-electron chi connectivity index (χ4n) is 0.507. The third kappa shape index (κ3) is 0.992. The lowest BCUT2D eigenvalue weighted by Gasteiger charge is -2.20. The molecule has 5 heteroatoms. The van der Waals surface area contributed by atoms with Crippen LogP contribution in [0.3, 0.4) is 0 Å². The number of aliphatic imine (C=N–C) groups is 1. The molecule has 0 aromatic heterocycles. The van der Waals surface area contributed by atoms with Crippen molar-refractivity contribution in [2.45, 2.75) is 0 Å². The van der Waals surface area contributed by atoms with Gasteiger partial charge in [0.05, 0.1) is 0 Å². The average molecular weight is 224 g/mol. The van der Waals surface area contributed by atoms with E-state index in [4.69, 9.17) is 5.11 Å². The molecule has 1 atom stereocenters. The lowest BCUT2D eigenvalue weighted by Crippen LogP contribution is -2.08. The first-order valence-electron chi connectivity index (χ1n) is 2.48. The van der Waals surface area contributed by atoms with Gasteiger partial charge in [-0.3, -0.25) is 0 Å². The van der Waals surface area contributed by atoms with E-state index in [0.717, 1.165) is 0 Å². The van der Waals surface area contributed by atoms with Gasteiger partial charge in [0.1, 0.15) is 3.95 Å². The second-order valence-electron chi connectivity index (χ2n) is 1.91. The van der Waals surface area contributed by atoms with Crippen LogP contribution in [0.15, 0.2) is 16.6 Å². The van der Waals surface area contributed by atoms with Crippen LogP contribution >= 0.6 is 26.0 Å². The smallest absolute Gasteiger partial charge is 0.356 e. The number of nitrogens with zero attached hydrogens (tertiary/aromatic N) is 1. The molecule has 0 saturated carbocycles. The number of carboxylic acid groups (broad SMARTS) is 1. The van der Waals surface area contributed by atoms with Gasteiger partial charge in [-0.05, 0) is 27.6 Å². The van der Waals surface area contributed by atoms with Gasteiger partial charge in [0.25, 0.3) is 0 Å². The Hall–Kier alpha value is -0.290. The molecule has 56 valence electrons. The highest BCUT2D eigenvalue weighted by Crippen LogP contribution is 2.52. The summed E-state index contributed by atoms with van der Waals surface area (Å²) in [6.45, 7) is 0. The summed E-state index contributed by atoms with van der Waals surface area (Å²) in [5.74, 6) is 0. The molecule has 1 rings (SSSR count). The molecule has 0 spiro atoms. The molecule has 0 saturated heterocycles. The summed E-state index contributed by atoms with van der Waals surface area (Å²) in [6, 6.07) is 0. The van der Waals surface area contributed by atoms with Crippen molar-refractivity contribution < 1.29 is 9.90 Å². The molecule has 0 amide bonds. The Kier molecular flexibility index (Phi) is 1.87. The highest BCUT2D eigenvalue weighted by molar-refractivity contribution is 9.24. The fourth-order valence-corrected chi connectivity index (χ4v) is 2.32. The third-order valence-corrected chi connectivity index (χ3v) is 5.64. The zero-order valence-electron chi connectivity index (χ0n) is 5.24. The van der Waals surface area contributed by atoms with Crippen LogP contribution in [0.25, 0.3) is 0 Å². The summed E-state index contributed by atoms with van der Waals surface area (Å²) in [5, 5.41) is 9.53. The second kappa shape index (κ2) is 2.39. The molecule has 1 heterocycles. The molecular formula is C5H6BrNO2S. The summed E-state index contributed by atoms with van der Waals surface area (Å²) < 4.78 is 0.535. The molecule has 1 aliphatic rings. The van der Waals surface area contributed by atoms with Crippen LogP contribution < -0.4 is 0 Å². The van der Waals surface area contributed by atoms with Crippen molar-refractivity contribution in [2.24, 2.45) is 4.99 Å². The summed E-state index contributed by atoms with van der Waals surface area (Å²) in [7, 11) is -1.80. The Balaban J connectivity index is 3.00. The Morgan fingerprint density at radius 1 is 1.90 bits per heavy atom. The monoisotopic (exact) mass is 223 g/mol. The number of hydrogen-bond donors (Lipinski definition) is 1. The molecule has 0 radical (unpaired) electrons. The predicted octanol–water partition coefficient (Wildman–Crippen LogP) is 2.33. The molecule has 0 bridgehead atoms. The zero-order valence-corrected chi connectivity index (χ0v) is 7.65. The van der Waals surface area contributed by atoms with Gasteiger partial charge in [-0.25, -0.2) is 9.79 Å². The minimum Gasteiger partial charge on any atom is -0.474 e. The summed E-state index contributed by atoms with van der Waals surface area (Å²) in [5.41, 5.74) is 0. The lowest BCUT2D eigenvalue weighted by molar-refractivity contribution is 0.221. The maximum absolute atomic E-state index is 10.6. The average Bonchev–Trinajstić information content (AvgIpc) is 2.15. The van der Waals surface area contributed by atoms with E-state index in [1.54, 1.807) is 11.7 Å². The van der Waals surface area contributed by atoms with Gasteiger partial charge in [0.2, 0.25) is 0 Å². The van der Waals surface area contributed by atoms with Crippen LogP contribution in [0.2, 0.25) is 0 Å². The quantitative estimate of drug-likeness (QED) is 0.686. The van der Waals surface area contributed by atoms with E-state index < -0.39 is 15.3 Å². The third-order valence-electron chi connectivity index (χ3n) is 1.22. The van der Waals surface area contributed by atoms with E-state index >= 15 is 0 Å². The first kappa shape index (κ1) is 7.81. The van der Waals surface area contributed by atoms with Gasteiger partial charge in [-0.2, -0.15) is 0 Å². The highest BCUT2D eigenvalue weighted by atomic mass is 79.9. The van der Waals surface area contributed by atoms with Gasteiger partial charge in [-0.15, -0.1) is 0 Å². The Morgan fingerprint density at radius 2 is 2.50 bits per heavy atom. The fraction of sp³-hybridized carbons (Fsp3) is 0.200. The van der Waals surface area contributed by atoms with Gasteiger partial charge in [0.15, 0.2) is 0 Å². The van der Waals surface area contributed by atoms with Crippen LogP contribution in [0.5, 0.6) is 0 Å². The molecule has 1 N–H and O–H groups in total. The van der Waals surface area contributed by atoms with Gasteiger partial charge < -0.3 is 5.11 Å². The first-order chi connectivity index (χ1) is 4.57. The van der Waals surface area contributed by atoms with Crippen molar-refractivity contribution in [3.8, 4) is 0 Å². The van der Waals surface area contributed by atoms with Crippen molar-refractivity contribution in [3.63, 3.8) is 0 Å². The number of carbonyl (C=O) groups is 1. The van der Waals surface area contributed by atoms with Gasteiger partial charge in [0, 0.05) is 6.20 Å².